The molecule has 0 amide bonds. The molecule has 2 aliphatic heterocycles. The van der Waals surface area contributed by atoms with Gasteiger partial charge in [0.1, 0.15) is 48.8 Å². The molecule has 2 fully saturated rings. The van der Waals surface area contributed by atoms with Gasteiger partial charge in [-0.3, -0.25) is 4.79 Å². The maximum absolute atomic E-state index is 12.6. The van der Waals surface area contributed by atoms with Crippen molar-refractivity contribution in [3.63, 3.8) is 0 Å². The van der Waals surface area contributed by atoms with E-state index in [9.17, 15) is 30.3 Å². The van der Waals surface area contributed by atoms with E-state index in [1.54, 1.807) is 30.3 Å². The first-order valence-corrected chi connectivity index (χ1v) is 9.33. The van der Waals surface area contributed by atoms with Crippen LogP contribution in [-0.2, 0) is 25.4 Å². The molecule has 10 heteroatoms. The van der Waals surface area contributed by atoms with Crippen LogP contribution in [0.3, 0.4) is 0 Å². The first kappa shape index (κ1) is 22.2. The summed E-state index contributed by atoms with van der Waals surface area (Å²) in [5, 5.41) is 59.7. The smallest absolute Gasteiger partial charge is 0.187 e. The van der Waals surface area contributed by atoms with Crippen molar-refractivity contribution in [1.82, 2.24) is 0 Å². The number of benzene rings is 1. The van der Waals surface area contributed by atoms with Gasteiger partial charge < -0.3 is 44.8 Å². The van der Waals surface area contributed by atoms with Gasteiger partial charge in [0.05, 0.1) is 13.2 Å². The molecule has 29 heavy (non-hydrogen) atoms. The fourth-order valence-corrected chi connectivity index (χ4v) is 3.43. The molecule has 2 heterocycles. The first-order valence-electron chi connectivity index (χ1n) is 9.33. The number of hydrogen-bond acceptors (Lipinski definition) is 10. The molecule has 0 bridgehead atoms. The fraction of sp³-hybridized carbons (Fsp3) is 0.632. The molecule has 2 aliphatic rings. The van der Waals surface area contributed by atoms with Gasteiger partial charge in [-0.05, 0) is 5.56 Å². The lowest BCUT2D eigenvalue weighted by molar-refractivity contribution is -0.323. The minimum atomic E-state index is -1.73. The van der Waals surface area contributed by atoms with Crippen molar-refractivity contribution in [2.75, 3.05) is 13.2 Å². The molecule has 0 aliphatic carbocycles. The van der Waals surface area contributed by atoms with Crippen LogP contribution in [0.25, 0.3) is 0 Å². The Morgan fingerprint density at radius 2 is 1.66 bits per heavy atom. The number of carbonyl (C=O) groups excluding carboxylic acids is 1. The van der Waals surface area contributed by atoms with E-state index in [0.29, 0.717) is 5.56 Å². The summed E-state index contributed by atoms with van der Waals surface area (Å²) in [6.07, 6.45) is -13.2. The van der Waals surface area contributed by atoms with Crippen LogP contribution in [0.1, 0.15) is 5.56 Å². The minimum Gasteiger partial charge on any atom is -0.394 e. The third-order valence-electron chi connectivity index (χ3n) is 5.18. The Morgan fingerprint density at radius 1 is 0.966 bits per heavy atom. The molecule has 1 aromatic rings. The van der Waals surface area contributed by atoms with Gasteiger partial charge in [0.15, 0.2) is 12.1 Å². The summed E-state index contributed by atoms with van der Waals surface area (Å²) >= 11 is 0. The Labute approximate surface area is 166 Å². The number of aliphatic hydroxyl groups is 6. The maximum Gasteiger partial charge on any atom is 0.187 e. The highest BCUT2D eigenvalue weighted by Gasteiger charge is 2.49. The van der Waals surface area contributed by atoms with Crippen LogP contribution in [0.4, 0.5) is 0 Å². The molecule has 0 radical (unpaired) electrons. The van der Waals surface area contributed by atoms with Crippen molar-refractivity contribution in [1.29, 1.82) is 0 Å². The molecule has 2 saturated heterocycles. The zero-order chi connectivity index (χ0) is 21.1. The fourth-order valence-electron chi connectivity index (χ4n) is 3.43. The highest BCUT2D eigenvalue weighted by atomic mass is 16.7. The summed E-state index contributed by atoms with van der Waals surface area (Å²) < 4.78 is 16.1. The largest absolute Gasteiger partial charge is 0.394 e. The summed E-state index contributed by atoms with van der Waals surface area (Å²) in [5.74, 6) is -0.524. The molecule has 9 atom stereocenters. The molecule has 162 valence electrons. The number of hydrogen-bond donors (Lipinski definition) is 6. The van der Waals surface area contributed by atoms with Crippen molar-refractivity contribution in [3.05, 3.63) is 35.9 Å². The topological polar surface area (TPSA) is 166 Å². The number of rotatable bonds is 6. The van der Waals surface area contributed by atoms with Gasteiger partial charge in [-0.25, -0.2) is 0 Å². The Kier molecular flexibility index (Phi) is 7.32. The molecule has 6 N–H and O–H groups in total. The predicted octanol–water partition coefficient (Wildman–Crippen LogP) is -2.90. The first-order chi connectivity index (χ1) is 13.8. The summed E-state index contributed by atoms with van der Waals surface area (Å²) in [6.45, 7) is -0.730. The van der Waals surface area contributed by atoms with Crippen molar-refractivity contribution in [2.24, 2.45) is 0 Å². The Morgan fingerprint density at radius 3 is 2.31 bits per heavy atom. The van der Waals surface area contributed by atoms with Crippen LogP contribution in [0, 0.1) is 0 Å². The maximum atomic E-state index is 12.6. The second-order valence-corrected chi connectivity index (χ2v) is 7.24. The van der Waals surface area contributed by atoms with Gasteiger partial charge in [-0.2, -0.15) is 0 Å². The normalized spacial score (nSPS) is 40.6. The third kappa shape index (κ3) is 4.82. The number of ether oxygens (including phenoxy) is 3. The van der Waals surface area contributed by atoms with Crippen molar-refractivity contribution < 1.29 is 49.6 Å². The highest BCUT2D eigenvalue weighted by Crippen LogP contribution is 2.27. The predicted molar refractivity (Wildman–Crippen MR) is 95.5 cm³/mol. The third-order valence-corrected chi connectivity index (χ3v) is 5.18. The van der Waals surface area contributed by atoms with Gasteiger partial charge >= 0.3 is 0 Å². The van der Waals surface area contributed by atoms with Crippen LogP contribution in [0.2, 0.25) is 0 Å². The van der Waals surface area contributed by atoms with Crippen molar-refractivity contribution >= 4 is 5.78 Å². The van der Waals surface area contributed by atoms with Crippen LogP contribution < -0.4 is 0 Å². The molecular weight excluding hydrogens is 388 g/mol. The number of ketones is 1. The number of aliphatic hydroxyl groups excluding tert-OH is 6. The van der Waals surface area contributed by atoms with E-state index in [2.05, 4.69) is 0 Å². The van der Waals surface area contributed by atoms with Gasteiger partial charge in [0, 0.05) is 6.42 Å². The number of Topliss-reactive ketones (excluding diaryl/α,β-unsaturated/α-hetero) is 1. The van der Waals surface area contributed by atoms with Crippen LogP contribution in [-0.4, -0.2) is 105 Å². The Balaban J connectivity index is 1.68. The molecule has 9 unspecified atom stereocenters. The van der Waals surface area contributed by atoms with Crippen LogP contribution in [0.15, 0.2) is 30.3 Å². The zero-order valence-electron chi connectivity index (χ0n) is 15.5. The average molecular weight is 414 g/mol. The highest BCUT2D eigenvalue weighted by molar-refractivity contribution is 5.86. The van der Waals surface area contributed by atoms with E-state index in [-0.39, 0.29) is 13.0 Å². The standard InChI is InChI=1S/C19H26O10/c20-7-11-13(22)14(23)12(8-27-11)28-19-17(26)15(24)16(25)18(29-19)10(21)6-9-4-2-1-3-5-9/h1-5,11-20,22-26H,6-8H2. The summed E-state index contributed by atoms with van der Waals surface area (Å²) in [6, 6.07) is 8.74. The van der Waals surface area contributed by atoms with Gasteiger partial charge in [0.25, 0.3) is 0 Å². The lowest BCUT2D eigenvalue weighted by Crippen LogP contribution is -2.63. The number of carbonyl (C=O) groups is 1. The Bertz CT molecular complexity index is 670. The summed E-state index contributed by atoms with van der Waals surface area (Å²) in [5.41, 5.74) is 0.681. The van der Waals surface area contributed by atoms with Crippen molar-refractivity contribution in [2.45, 2.75) is 61.5 Å². The molecule has 0 aromatic heterocycles. The molecule has 10 nitrogen and oxygen atoms in total. The Hall–Kier alpha value is -1.47. The molecule has 3 rings (SSSR count). The average Bonchev–Trinajstić information content (AvgIpc) is 2.72. The van der Waals surface area contributed by atoms with E-state index in [0.717, 1.165) is 0 Å². The molecule has 0 saturated carbocycles. The van der Waals surface area contributed by atoms with E-state index in [4.69, 9.17) is 19.3 Å². The summed E-state index contributed by atoms with van der Waals surface area (Å²) in [7, 11) is 0. The van der Waals surface area contributed by atoms with Gasteiger partial charge in [-0.15, -0.1) is 0 Å². The molecule has 0 spiro atoms. The van der Waals surface area contributed by atoms with Gasteiger partial charge in [0.2, 0.25) is 0 Å². The van der Waals surface area contributed by atoms with E-state index >= 15 is 0 Å². The van der Waals surface area contributed by atoms with Crippen LogP contribution >= 0.6 is 0 Å². The second kappa shape index (κ2) is 9.56. The van der Waals surface area contributed by atoms with Gasteiger partial charge in [-0.1, -0.05) is 30.3 Å². The quantitative estimate of drug-likeness (QED) is 0.284. The lowest BCUT2D eigenvalue weighted by Gasteiger charge is -2.43. The van der Waals surface area contributed by atoms with E-state index in [1.165, 1.54) is 0 Å². The molecular formula is C19H26O10. The SMILES string of the molecule is O=C(Cc1ccccc1)C1OC(OC2COC(CO)C(O)C2O)C(O)C(O)C1O. The second-order valence-electron chi connectivity index (χ2n) is 7.24. The van der Waals surface area contributed by atoms with Crippen LogP contribution in [0.5, 0.6) is 0 Å². The molecule has 1 aromatic carbocycles. The summed E-state index contributed by atoms with van der Waals surface area (Å²) in [4.78, 5) is 12.6. The monoisotopic (exact) mass is 414 g/mol. The van der Waals surface area contributed by atoms with Crippen molar-refractivity contribution in [3.8, 4) is 0 Å². The van der Waals surface area contributed by atoms with E-state index in [1.807, 2.05) is 0 Å². The lowest BCUT2D eigenvalue weighted by atomic mass is 9.93. The minimum absolute atomic E-state index is 0.0653. The van der Waals surface area contributed by atoms with E-state index < -0.39 is 67.5 Å². The zero-order valence-corrected chi connectivity index (χ0v) is 15.5.